The largest absolute Gasteiger partial charge is 0.505 e. The Bertz CT molecular complexity index is 1130. The minimum Gasteiger partial charge on any atom is -0.505 e. The van der Waals surface area contributed by atoms with E-state index in [1.807, 2.05) is 0 Å². The third kappa shape index (κ3) is 3.29. The van der Waals surface area contributed by atoms with Crippen molar-refractivity contribution in [1.82, 2.24) is 0 Å². The maximum Gasteiger partial charge on any atom is 0.298 e. The lowest BCUT2D eigenvalue weighted by Gasteiger charge is -2.11. The van der Waals surface area contributed by atoms with Crippen LogP contribution in [0.5, 0.6) is 5.75 Å². The van der Waals surface area contributed by atoms with Gasteiger partial charge in [0.25, 0.3) is 30.4 Å². The van der Waals surface area contributed by atoms with E-state index >= 15 is 0 Å². The molecule has 10 nitrogen and oxygen atoms in total. The number of rotatable bonds is 3. The van der Waals surface area contributed by atoms with Crippen LogP contribution in [-0.4, -0.2) is 44.0 Å². The van der Waals surface area contributed by atoms with Crippen molar-refractivity contribution < 1.29 is 44.0 Å². The van der Waals surface area contributed by atoms with Crippen molar-refractivity contribution in [3.8, 4) is 5.75 Å². The van der Waals surface area contributed by atoms with Gasteiger partial charge in [0.1, 0.15) is 9.79 Å². The highest BCUT2D eigenvalue weighted by molar-refractivity contribution is 7.87. The van der Waals surface area contributed by atoms with Gasteiger partial charge < -0.3 is 5.11 Å². The summed E-state index contributed by atoms with van der Waals surface area (Å²) in [4.78, 5) is -3.19. The molecule has 4 N–H and O–H groups in total. The van der Waals surface area contributed by atoms with Crippen LogP contribution >= 0.6 is 0 Å². The molecule has 0 aliphatic rings. The maximum absolute atomic E-state index is 11.4. The molecular weight excluding hydrogens is 376 g/mol. The molecule has 0 atom stereocenters. The van der Waals surface area contributed by atoms with Gasteiger partial charge in [-0.3, -0.25) is 13.7 Å². The molecule has 0 unspecified atom stereocenters. The summed E-state index contributed by atoms with van der Waals surface area (Å²) in [6.07, 6.45) is 0. The molecule has 0 fully saturated rings. The van der Waals surface area contributed by atoms with E-state index in [-0.39, 0.29) is 0 Å². The monoisotopic (exact) mass is 384 g/mol. The van der Waals surface area contributed by atoms with Crippen LogP contribution in [0.25, 0.3) is 10.8 Å². The fraction of sp³-hybridized carbons (Fsp3) is 0. The zero-order valence-corrected chi connectivity index (χ0v) is 13.2. The number of hydrogen-bond acceptors (Lipinski definition) is 7. The SMILES string of the molecule is O=S(=O)(O)c1ccc2c(S(=O)(=O)O)c(O)c(S(=O)(=O)O)cc2c1. The smallest absolute Gasteiger partial charge is 0.298 e. The van der Waals surface area contributed by atoms with Crippen LogP contribution in [0, 0.1) is 0 Å². The molecule has 126 valence electrons. The fourth-order valence-electron chi connectivity index (χ4n) is 1.93. The summed E-state index contributed by atoms with van der Waals surface area (Å²) < 4.78 is 94.5. The van der Waals surface area contributed by atoms with Gasteiger partial charge in [-0.1, -0.05) is 6.07 Å². The molecule has 23 heavy (non-hydrogen) atoms. The summed E-state index contributed by atoms with van der Waals surface area (Å²) in [5.41, 5.74) is 0. The topological polar surface area (TPSA) is 183 Å². The lowest BCUT2D eigenvalue weighted by Crippen LogP contribution is -2.06. The van der Waals surface area contributed by atoms with Crippen LogP contribution in [0.3, 0.4) is 0 Å². The predicted octanol–water partition coefficient (Wildman–Crippen LogP) is 0.286. The molecule has 2 rings (SSSR count). The van der Waals surface area contributed by atoms with Crippen LogP contribution in [0.1, 0.15) is 0 Å². The van der Waals surface area contributed by atoms with Crippen molar-refractivity contribution >= 4 is 41.1 Å². The van der Waals surface area contributed by atoms with Crippen molar-refractivity contribution in [1.29, 1.82) is 0 Å². The first-order chi connectivity index (χ1) is 10.2. The molecule has 0 amide bonds. The Balaban J connectivity index is 3.12. The third-order valence-corrected chi connectivity index (χ3v) is 5.48. The third-order valence-electron chi connectivity index (χ3n) is 2.84. The molecular formula is C10H8O10S3. The highest BCUT2D eigenvalue weighted by Gasteiger charge is 2.28. The van der Waals surface area contributed by atoms with Crippen LogP contribution in [-0.2, 0) is 30.4 Å². The Morgan fingerprint density at radius 1 is 0.739 bits per heavy atom. The Morgan fingerprint density at radius 2 is 1.30 bits per heavy atom. The van der Waals surface area contributed by atoms with Gasteiger partial charge in [-0.25, -0.2) is 0 Å². The molecule has 2 aromatic carbocycles. The van der Waals surface area contributed by atoms with Crippen molar-refractivity contribution in [3.63, 3.8) is 0 Å². The lowest BCUT2D eigenvalue weighted by atomic mass is 10.1. The average molecular weight is 384 g/mol. The molecule has 0 heterocycles. The van der Waals surface area contributed by atoms with Crippen molar-refractivity contribution in [2.24, 2.45) is 0 Å². The first kappa shape index (κ1) is 17.6. The van der Waals surface area contributed by atoms with E-state index in [4.69, 9.17) is 13.7 Å². The van der Waals surface area contributed by atoms with Crippen molar-refractivity contribution in [2.75, 3.05) is 0 Å². The molecule has 2 aromatic rings. The maximum atomic E-state index is 11.4. The first-order valence-corrected chi connectivity index (χ1v) is 9.77. The normalized spacial score (nSPS) is 13.3. The summed E-state index contributed by atoms with van der Waals surface area (Å²) >= 11 is 0. The second-order valence-corrected chi connectivity index (χ2v) is 8.53. The molecule has 0 aliphatic heterocycles. The number of phenols is 1. The molecule has 0 saturated heterocycles. The fourth-order valence-corrected chi connectivity index (χ4v) is 3.96. The summed E-state index contributed by atoms with van der Waals surface area (Å²) in [5, 5.41) is 8.92. The van der Waals surface area contributed by atoms with E-state index in [9.17, 15) is 30.4 Å². The van der Waals surface area contributed by atoms with Gasteiger partial charge in [0, 0.05) is 5.39 Å². The van der Waals surface area contributed by atoms with E-state index in [0.717, 1.165) is 12.1 Å². The minimum atomic E-state index is -5.13. The molecule has 13 heteroatoms. The van der Waals surface area contributed by atoms with Gasteiger partial charge in [0.2, 0.25) is 0 Å². The Labute approximate surface area is 130 Å². The number of phenolic OH excluding ortho intramolecular Hbond substituents is 1. The van der Waals surface area contributed by atoms with Crippen molar-refractivity contribution in [3.05, 3.63) is 24.3 Å². The average Bonchev–Trinajstić information content (AvgIpc) is 2.33. The van der Waals surface area contributed by atoms with E-state index in [0.29, 0.717) is 12.1 Å². The molecule has 0 saturated carbocycles. The Kier molecular flexibility index (Phi) is 3.91. The van der Waals surface area contributed by atoms with Crippen LogP contribution < -0.4 is 0 Å². The van der Waals surface area contributed by atoms with Crippen LogP contribution in [0.4, 0.5) is 0 Å². The van der Waals surface area contributed by atoms with Gasteiger partial charge >= 0.3 is 0 Å². The zero-order valence-electron chi connectivity index (χ0n) is 10.8. The summed E-state index contributed by atoms with van der Waals surface area (Å²) in [5.74, 6) is -1.43. The van der Waals surface area contributed by atoms with Crippen LogP contribution in [0.2, 0.25) is 0 Å². The minimum absolute atomic E-state index is 0.391. The number of aromatic hydroxyl groups is 1. The standard InChI is InChI=1S/C10H8O10S3/c11-9-8(22(15,16)17)4-5-3-6(21(12,13)14)1-2-7(5)10(9)23(18,19)20/h1-4,11H,(H,12,13,14)(H,15,16,17)(H,18,19,20). The van der Waals surface area contributed by atoms with Gasteiger partial charge in [-0.05, 0) is 23.6 Å². The second kappa shape index (κ2) is 5.12. The Morgan fingerprint density at radius 3 is 1.74 bits per heavy atom. The van der Waals surface area contributed by atoms with Gasteiger partial charge in [-0.2, -0.15) is 25.3 Å². The second-order valence-electron chi connectivity index (χ2n) is 4.36. The molecule has 0 aliphatic carbocycles. The van der Waals surface area contributed by atoms with E-state index in [2.05, 4.69) is 0 Å². The summed E-state index contributed by atoms with van der Waals surface area (Å²) in [7, 11) is -14.9. The molecule has 0 spiro atoms. The van der Waals surface area contributed by atoms with Gasteiger partial charge in [-0.15, -0.1) is 0 Å². The molecule has 0 aromatic heterocycles. The van der Waals surface area contributed by atoms with Gasteiger partial charge in [0.15, 0.2) is 5.75 Å². The Hall–Kier alpha value is -1.77. The highest BCUT2D eigenvalue weighted by Crippen LogP contribution is 2.37. The predicted molar refractivity (Wildman–Crippen MR) is 75.1 cm³/mol. The quantitative estimate of drug-likeness (QED) is 0.536. The van der Waals surface area contributed by atoms with Crippen LogP contribution in [0.15, 0.2) is 39.0 Å². The summed E-state index contributed by atoms with van der Waals surface area (Å²) in [6, 6.07) is 2.89. The number of fused-ring (bicyclic) bond motifs is 1. The van der Waals surface area contributed by atoms with Gasteiger partial charge in [0.05, 0.1) is 4.90 Å². The van der Waals surface area contributed by atoms with E-state index < -0.39 is 61.6 Å². The lowest BCUT2D eigenvalue weighted by molar-refractivity contribution is 0.425. The zero-order chi connectivity index (χ0) is 17.8. The molecule has 0 bridgehead atoms. The summed E-state index contributed by atoms with van der Waals surface area (Å²) in [6.45, 7) is 0. The molecule has 0 radical (unpaired) electrons. The number of hydrogen-bond donors (Lipinski definition) is 4. The van der Waals surface area contributed by atoms with E-state index in [1.54, 1.807) is 0 Å². The number of benzene rings is 2. The van der Waals surface area contributed by atoms with E-state index in [1.165, 1.54) is 0 Å². The van der Waals surface area contributed by atoms with Crippen molar-refractivity contribution in [2.45, 2.75) is 14.7 Å². The highest BCUT2D eigenvalue weighted by atomic mass is 32.2. The first-order valence-electron chi connectivity index (χ1n) is 5.45.